The van der Waals surface area contributed by atoms with Gasteiger partial charge < -0.3 is 14.1 Å². The van der Waals surface area contributed by atoms with Crippen LogP contribution in [0.3, 0.4) is 0 Å². The molecule has 10 heteroatoms. The van der Waals surface area contributed by atoms with Crippen LogP contribution in [0.25, 0.3) is 16.5 Å². The molecule has 4 rings (SSSR count). The summed E-state index contributed by atoms with van der Waals surface area (Å²) < 4.78 is 10.8. The number of aromatic nitrogens is 5. The van der Waals surface area contributed by atoms with Crippen molar-refractivity contribution >= 4 is 17.2 Å². The van der Waals surface area contributed by atoms with Crippen molar-refractivity contribution in [2.24, 2.45) is 0 Å². The third-order valence-electron chi connectivity index (χ3n) is 4.08. The fourth-order valence-electron chi connectivity index (χ4n) is 2.64. The highest BCUT2D eigenvalue weighted by Crippen LogP contribution is 2.23. The van der Waals surface area contributed by atoms with E-state index in [-0.39, 0.29) is 18.1 Å². The highest BCUT2D eigenvalue weighted by molar-refractivity contribution is 7.13. The van der Waals surface area contributed by atoms with Crippen molar-refractivity contribution in [1.82, 2.24) is 30.1 Å². The first kappa shape index (κ1) is 19.0. The van der Waals surface area contributed by atoms with Gasteiger partial charge in [0.25, 0.3) is 11.8 Å². The van der Waals surface area contributed by atoms with Crippen molar-refractivity contribution in [3.63, 3.8) is 0 Å². The molecule has 1 amide bonds. The summed E-state index contributed by atoms with van der Waals surface area (Å²) >= 11 is 1.51. The van der Waals surface area contributed by atoms with Crippen LogP contribution in [0.15, 0.2) is 58.5 Å². The van der Waals surface area contributed by atoms with Gasteiger partial charge in [0.1, 0.15) is 0 Å². The van der Waals surface area contributed by atoms with Crippen molar-refractivity contribution in [3.05, 3.63) is 65.6 Å². The van der Waals surface area contributed by atoms with Crippen LogP contribution in [0.5, 0.6) is 0 Å². The lowest BCUT2D eigenvalue weighted by Crippen LogP contribution is -2.34. The van der Waals surface area contributed by atoms with Crippen molar-refractivity contribution in [2.75, 3.05) is 20.3 Å². The fourth-order valence-corrected chi connectivity index (χ4v) is 3.29. The Labute approximate surface area is 170 Å². The zero-order valence-corrected chi connectivity index (χ0v) is 16.5. The molecule has 0 spiro atoms. The molecule has 29 heavy (non-hydrogen) atoms. The van der Waals surface area contributed by atoms with Gasteiger partial charge in [0.2, 0.25) is 5.89 Å². The van der Waals surface area contributed by atoms with E-state index in [1.54, 1.807) is 12.0 Å². The van der Waals surface area contributed by atoms with Crippen molar-refractivity contribution < 1.29 is 13.9 Å². The molecule has 0 aliphatic rings. The normalized spacial score (nSPS) is 10.9. The minimum absolute atomic E-state index is 0.152. The topological polar surface area (TPSA) is 99.2 Å². The Bertz CT molecular complexity index is 1060. The molecule has 0 saturated carbocycles. The number of hydrogen-bond donors (Lipinski definition) is 0. The van der Waals surface area contributed by atoms with Gasteiger partial charge >= 0.3 is 0 Å². The Morgan fingerprint density at radius 3 is 2.83 bits per heavy atom. The zero-order valence-electron chi connectivity index (χ0n) is 15.6. The number of nitrogens with zero attached hydrogens (tertiary/aromatic N) is 6. The van der Waals surface area contributed by atoms with Crippen LogP contribution in [0, 0.1) is 0 Å². The Morgan fingerprint density at radius 2 is 2.07 bits per heavy atom. The molecular formula is C19H18N6O3S. The third-order valence-corrected chi connectivity index (χ3v) is 4.93. The summed E-state index contributed by atoms with van der Waals surface area (Å²) in [5.41, 5.74) is 0.996. The Kier molecular flexibility index (Phi) is 5.73. The first-order valence-corrected chi connectivity index (χ1v) is 9.75. The summed E-state index contributed by atoms with van der Waals surface area (Å²) in [4.78, 5) is 16.9. The van der Waals surface area contributed by atoms with E-state index in [0.29, 0.717) is 24.9 Å². The second-order valence-corrected chi connectivity index (χ2v) is 7.00. The molecule has 148 valence electrons. The van der Waals surface area contributed by atoms with Gasteiger partial charge in [0.05, 0.1) is 29.9 Å². The lowest BCUT2D eigenvalue weighted by molar-refractivity contribution is 0.0657. The van der Waals surface area contributed by atoms with Gasteiger partial charge in [-0.2, -0.15) is 9.90 Å². The number of para-hydroxylation sites is 1. The van der Waals surface area contributed by atoms with E-state index in [4.69, 9.17) is 9.15 Å². The lowest BCUT2D eigenvalue weighted by atomic mass is 10.3. The summed E-state index contributed by atoms with van der Waals surface area (Å²) in [6, 6.07) is 13.2. The molecule has 0 aliphatic heterocycles. The highest BCUT2D eigenvalue weighted by atomic mass is 32.1. The first-order chi connectivity index (χ1) is 14.2. The number of carbonyl (C=O) groups excluding carboxylic acids is 1. The number of thiophene rings is 1. The average molecular weight is 410 g/mol. The van der Waals surface area contributed by atoms with Crippen LogP contribution in [0.1, 0.15) is 16.4 Å². The summed E-state index contributed by atoms with van der Waals surface area (Å²) in [6.45, 7) is 0.869. The largest absolute Gasteiger partial charge is 0.418 e. The molecule has 0 aliphatic carbocycles. The number of benzene rings is 1. The van der Waals surface area contributed by atoms with Crippen molar-refractivity contribution in [2.45, 2.75) is 6.54 Å². The van der Waals surface area contributed by atoms with Crippen LogP contribution >= 0.6 is 11.3 Å². The first-order valence-electron chi connectivity index (χ1n) is 8.87. The molecule has 3 aromatic heterocycles. The molecule has 1 aromatic carbocycles. The van der Waals surface area contributed by atoms with Gasteiger partial charge in [-0.1, -0.05) is 24.3 Å². The molecule has 0 atom stereocenters. The summed E-state index contributed by atoms with van der Waals surface area (Å²) in [5, 5.41) is 18.6. The second kappa shape index (κ2) is 8.76. The summed E-state index contributed by atoms with van der Waals surface area (Å²) in [7, 11) is 1.58. The third kappa shape index (κ3) is 4.39. The zero-order chi connectivity index (χ0) is 20.1. The minimum atomic E-state index is -0.292. The molecule has 4 aromatic rings. The number of amides is 1. The van der Waals surface area contributed by atoms with Crippen LogP contribution in [-0.4, -0.2) is 56.3 Å². The maximum atomic E-state index is 13.0. The van der Waals surface area contributed by atoms with E-state index >= 15 is 0 Å². The maximum absolute atomic E-state index is 13.0. The van der Waals surface area contributed by atoms with E-state index in [1.807, 2.05) is 47.8 Å². The van der Waals surface area contributed by atoms with Crippen molar-refractivity contribution in [1.29, 1.82) is 0 Å². The van der Waals surface area contributed by atoms with Crippen LogP contribution in [0.4, 0.5) is 0 Å². The van der Waals surface area contributed by atoms with E-state index in [1.165, 1.54) is 22.3 Å². The van der Waals surface area contributed by atoms with Gasteiger partial charge in [-0.3, -0.25) is 4.79 Å². The quantitative estimate of drug-likeness (QED) is 0.440. The molecule has 9 nitrogen and oxygen atoms in total. The molecule has 0 saturated heterocycles. The summed E-state index contributed by atoms with van der Waals surface area (Å²) in [6.07, 6.45) is 1.44. The van der Waals surface area contributed by atoms with E-state index in [0.717, 1.165) is 10.6 Å². The fraction of sp³-hybridized carbons (Fsp3) is 0.211. The molecular weight excluding hydrogens is 392 g/mol. The predicted octanol–water partition coefficient (Wildman–Crippen LogP) is 2.67. The average Bonchev–Trinajstić information content (AvgIpc) is 3.52. The van der Waals surface area contributed by atoms with Crippen LogP contribution < -0.4 is 0 Å². The number of rotatable bonds is 8. The van der Waals surface area contributed by atoms with Gasteiger partial charge in [-0.15, -0.1) is 26.6 Å². The number of methoxy groups -OCH3 is 1. The van der Waals surface area contributed by atoms with E-state index in [9.17, 15) is 4.79 Å². The summed E-state index contributed by atoms with van der Waals surface area (Å²) in [5.74, 6) is 0.484. The van der Waals surface area contributed by atoms with Gasteiger partial charge in [-0.25, -0.2) is 0 Å². The van der Waals surface area contributed by atoms with Crippen molar-refractivity contribution in [3.8, 4) is 16.5 Å². The van der Waals surface area contributed by atoms with Gasteiger partial charge in [-0.05, 0) is 23.6 Å². The lowest BCUT2D eigenvalue weighted by Gasteiger charge is -2.19. The molecule has 0 unspecified atom stereocenters. The Morgan fingerprint density at radius 1 is 1.21 bits per heavy atom. The Balaban J connectivity index is 1.52. The van der Waals surface area contributed by atoms with E-state index < -0.39 is 0 Å². The van der Waals surface area contributed by atoms with Gasteiger partial charge in [0.15, 0.2) is 5.69 Å². The molecule has 0 radical (unpaired) electrons. The maximum Gasteiger partial charge on any atom is 0.276 e. The highest BCUT2D eigenvalue weighted by Gasteiger charge is 2.22. The van der Waals surface area contributed by atoms with Crippen LogP contribution in [-0.2, 0) is 11.3 Å². The van der Waals surface area contributed by atoms with Crippen LogP contribution in [0.2, 0.25) is 0 Å². The second-order valence-electron chi connectivity index (χ2n) is 6.05. The minimum Gasteiger partial charge on any atom is -0.418 e. The molecule has 0 N–H and O–H groups in total. The SMILES string of the molecule is COCCN(Cc1nnc(-c2cccs2)o1)C(=O)c1cnn(-c2ccccc2)n1. The Hall–Kier alpha value is -3.37. The monoisotopic (exact) mass is 410 g/mol. The predicted molar refractivity (Wildman–Crippen MR) is 106 cm³/mol. The number of carbonyl (C=O) groups is 1. The number of hydrogen-bond acceptors (Lipinski definition) is 8. The number of ether oxygens (including phenoxy) is 1. The van der Waals surface area contributed by atoms with Gasteiger partial charge in [0, 0.05) is 13.7 Å². The molecule has 0 bridgehead atoms. The van der Waals surface area contributed by atoms with E-state index in [2.05, 4.69) is 20.4 Å². The standard InChI is InChI=1S/C19H18N6O3S/c1-27-10-9-24(13-17-21-22-18(28-17)16-8-5-11-29-16)19(26)15-12-20-25(23-15)14-6-3-2-4-7-14/h2-8,11-12H,9-10,13H2,1H3. The molecule has 0 fully saturated rings. The molecule has 3 heterocycles. The smallest absolute Gasteiger partial charge is 0.276 e.